The van der Waals surface area contributed by atoms with Crippen LogP contribution in [0.1, 0.15) is 13.3 Å². The minimum Gasteiger partial charge on any atom is -0.469 e. The number of ether oxygens (including phenoxy) is 1. The number of aromatic nitrogens is 1. The van der Waals surface area contributed by atoms with Crippen LogP contribution in [-0.2, 0) is 9.53 Å². The molecule has 0 bridgehead atoms. The molecule has 0 saturated carbocycles. The van der Waals surface area contributed by atoms with Gasteiger partial charge in [-0.1, -0.05) is 6.92 Å². The third-order valence-corrected chi connectivity index (χ3v) is 2.81. The fraction of sp³-hybridized carbons (Fsp3) is 0.400. The number of nitrogen functional groups attached to an aromatic ring is 1. The van der Waals surface area contributed by atoms with Gasteiger partial charge in [-0.2, -0.15) is 0 Å². The van der Waals surface area contributed by atoms with E-state index in [0.717, 1.165) is 5.03 Å². The van der Waals surface area contributed by atoms with Gasteiger partial charge in [-0.05, 0) is 12.1 Å². The summed E-state index contributed by atoms with van der Waals surface area (Å²) in [5.41, 5.74) is 6.15. The van der Waals surface area contributed by atoms with Crippen LogP contribution >= 0.6 is 11.8 Å². The summed E-state index contributed by atoms with van der Waals surface area (Å²) in [6.07, 6.45) is 1.99. The quantitative estimate of drug-likeness (QED) is 0.625. The summed E-state index contributed by atoms with van der Waals surface area (Å²) in [6, 6.07) is 3.63. The van der Waals surface area contributed by atoms with Gasteiger partial charge in [0.1, 0.15) is 0 Å². The summed E-state index contributed by atoms with van der Waals surface area (Å²) >= 11 is 1.53. The molecular weight excluding hydrogens is 212 g/mol. The normalized spacial score (nSPS) is 12.1. The van der Waals surface area contributed by atoms with Crippen LogP contribution in [0, 0.1) is 0 Å². The van der Waals surface area contributed by atoms with Crippen LogP contribution in [0.2, 0.25) is 0 Å². The van der Waals surface area contributed by atoms with Gasteiger partial charge in [-0.25, -0.2) is 4.98 Å². The number of methoxy groups -OCH3 is 1. The highest BCUT2D eigenvalue weighted by Gasteiger charge is 2.10. The second-order valence-electron chi connectivity index (χ2n) is 3.14. The van der Waals surface area contributed by atoms with Crippen LogP contribution < -0.4 is 5.73 Å². The molecule has 1 atom stereocenters. The Morgan fingerprint density at radius 3 is 2.93 bits per heavy atom. The van der Waals surface area contributed by atoms with E-state index in [1.807, 2.05) is 13.0 Å². The highest BCUT2D eigenvalue weighted by molar-refractivity contribution is 7.99. The van der Waals surface area contributed by atoms with Crippen molar-refractivity contribution in [1.82, 2.24) is 4.98 Å². The first kappa shape index (κ1) is 11.8. The summed E-state index contributed by atoms with van der Waals surface area (Å²) in [6.45, 7) is 1.96. The number of rotatable bonds is 4. The van der Waals surface area contributed by atoms with E-state index in [9.17, 15) is 4.79 Å². The molecule has 0 fully saturated rings. The van der Waals surface area contributed by atoms with E-state index in [-0.39, 0.29) is 11.2 Å². The highest BCUT2D eigenvalue weighted by Crippen LogP contribution is 2.23. The molecule has 82 valence electrons. The minimum absolute atomic E-state index is 0.147. The number of pyridine rings is 1. The average molecular weight is 226 g/mol. The topological polar surface area (TPSA) is 65.2 Å². The first-order chi connectivity index (χ1) is 7.11. The number of carbonyl (C=O) groups excluding carboxylic acids is 1. The summed E-state index contributed by atoms with van der Waals surface area (Å²) in [5.74, 6) is -0.203. The molecule has 1 aromatic heterocycles. The summed E-state index contributed by atoms with van der Waals surface area (Å²) in [5, 5.41) is 1.01. The summed E-state index contributed by atoms with van der Waals surface area (Å²) < 4.78 is 4.59. The molecule has 0 aromatic carbocycles. The fourth-order valence-corrected chi connectivity index (χ4v) is 1.92. The Balaban J connectivity index is 2.47. The first-order valence-corrected chi connectivity index (χ1v) is 5.44. The molecule has 0 aliphatic carbocycles. The van der Waals surface area contributed by atoms with Crippen LogP contribution in [0.4, 0.5) is 5.69 Å². The third-order valence-electron chi connectivity index (χ3n) is 1.76. The Labute approximate surface area is 93.2 Å². The number of hydrogen-bond donors (Lipinski definition) is 1. The Morgan fingerprint density at radius 1 is 1.67 bits per heavy atom. The van der Waals surface area contributed by atoms with E-state index in [1.165, 1.54) is 18.9 Å². The van der Waals surface area contributed by atoms with Gasteiger partial charge >= 0.3 is 5.97 Å². The average Bonchev–Trinajstić information content (AvgIpc) is 2.21. The van der Waals surface area contributed by atoms with Gasteiger partial charge in [0, 0.05) is 5.25 Å². The third kappa shape index (κ3) is 4.20. The van der Waals surface area contributed by atoms with Crippen molar-refractivity contribution in [3.63, 3.8) is 0 Å². The van der Waals surface area contributed by atoms with Crippen molar-refractivity contribution in [2.24, 2.45) is 0 Å². The number of carbonyl (C=O) groups is 1. The second kappa shape index (κ2) is 5.60. The molecule has 0 aliphatic heterocycles. The van der Waals surface area contributed by atoms with Crippen molar-refractivity contribution in [3.05, 3.63) is 18.3 Å². The zero-order valence-electron chi connectivity index (χ0n) is 8.77. The Morgan fingerprint density at radius 2 is 2.40 bits per heavy atom. The molecule has 1 rings (SSSR count). The van der Waals surface area contributed by atoms with Crippen molar-refractivity contribution in [2.75, 3.05) is 12.8 Å². The maximum atomic E-state index is 11.0. The fourth-order valence-electron chi connectivity index (χ4n) is 1.03. The van der Waals surface area contributed by atoms with Gasteiger partial charge in [0.05, 0.1) is 30.4 Å². The van der Waals surface area contributed by atoms with Gasteiger partial charge < -0.3 is 10.5 Å². The van der Waals surface area contributed by atoms with Crippen LogP contribution in [0.25, 0.3) is 0 Å². The van der Waals surface area contributed by atoms with Crippen LogP contribution in [0.15, 0.2) is 23.4 Å². The molecule has 1 heterocycles. The molecule has 2 N–H and O–H groups in total. The number of esters is 1. The molecule has 0 radical (unpaired) electrons. The van der Waals surface area contributed by atoms with E-state index >= 15 is 0 Å². The van der Waals surface area contributed by atoms with Crippen LogP contribution in [0.3, 0.4) is 0 Å². The van der Waals surface area contributed by atoms with E-state index in [4.69, 9.17) is 5.73 Å². The Kier molecular flexibility index (Phi) is 4.42. The number of hydrogen-bond acceptors (Lipinski definition) is 5. The van der Waals surface area contributed by atoms with Gasteiger partial charge in [-0.3, -0.25) is 4.79 Å². The second-order valence-corrected chi connectivity index (χ2v) is 4.60. The number of nitrogens with zero attached hydrogens (tertiary/aromatic N) is 1. The number of thioether (sulfide) groups is 1. The van der Waals surface area contributed by atoms with Crippen LogP contribution in [-0.4, -0.2) is 23.3 Å². The SMILES string of the molecule is COC(=O)CC(C)Sc1ccc(N)cn1. The van der Waals surface area contributed by atoms with E-state index in [1.54, 1.807) is 12.3 Å². The number of anilines is 1. The van der Waals surface area contributed by atoms with Crippen LogP contribution in [0.5, 0.6) is 0 Å². The molecule has 5 heteroatoms. The molecule has 0 aliphatic rings. The molecule has 0 amide bonds. The maximum absolute atomic E-state index is 11.0. The smallest absolute Gasteiger partial charge is 0.306 e. The van der Waals surface area contributed by atoms with E-state index in [0.29, 0.717) is 12.1 Å². The van der Waals surface area contributed by atoms with Crippen molar-refractivity contribution in [3.8, 4) is 0 Å². The van der Waals surface area contributed by atoms with E-state index < -0.39 is 0 Å². The number of nitrogens with two attached hydrogens (primary N) is 1. The van der Waals surface area contributed by atoms with Crippen molar-refractivity contribution in [2.45, 2.75) is 23.6 Å². The minimum atomic E-state index is -0.203. The lowest BCUT2D eigenvalue weighted by atomic mass is 10.3. The molecule has 15 heavy (non-hydrogen) atoms. The highest BCUT2D eigenvalue weighted by atomic mass is 32.2. The summed E-state index contributed by atoms with van der Waals surface area (Å²) in [4.78, 5) is 15.1. The van der Waals surface area contributed by atoms with Crippen molar-refractivity contribution < 1.29 is 9.53 Å². The zero-order valence-corrected chi connectivity index (χ0v) is 9.58. The van der Waals surface area contributed by atoms with Gasteiger partial charge in [0.15, 0.2) is 0 Å². The lowest BCUT2D eigenvalue weighted by molar-refractivity contribution is -0.140. The molecule has 1 unspecified atom stereocenters. The van der Waals surface area contributed by atoms with Gasteiger partial charge in [0.2, 0.25) is 0 Å². The predicted octanol–water partition coefficient (Wildman–Crippen LogP) is 1.71. The zero-order chi connectivity index (χ0) is 11.3. The lowest BCUT2D eigenvalue weighted by Crippen LogP contribution is -2.08. The monoisotopic (exact) mass is 226 g/mol. The largest absolute Gasteiger partial charge is 0.469 e. The standard InChI is InChI=1S/C10H14N2O2S/c1-7(5-10(13)14-2)15-9-4-3-8(11)6-12-9/h3-4,6-7H,5,11H2,1-2H3. The first-order valence-electron chi connectivity index (χ1n) is 4.57. The molecule has 0 saturated heterocycles. The maximum Gasteiger partial charge on any atom is 0.306 e. The predicted molar refractivity (Wildman–Crippen MR) is 60.6 cm³/mol. The molecule has 0 spiro atoms. The van der Waals surface area contributed by atoms with Crippen molar-refractivity contribution >= 4 is 23.4 Å². The Hall–Kier alpha value is -1.23. The lowest BCUT2D eigenvalue weighted by Gasteiger charge is -2.08. The molecular formula is C10H14N2O2S. The molecule has 1 aromatic rings. The van der Waals surface area contributed by atoms with Gasteiger partial charge in [-0.15, -0.1) is 11.8 Å². The summed E-state index contributed by atoms with van der Waals surface area (Å²) in [7, 11) is 1.39. The molecule has 4 nitrogen and oxygen atoms in total. The van der Waals surface area contributed by atoms with Crippen molar-refractivity contribution in [1.29, 1.82) is 0 Å². The van der Waals surface area contributed by atoms with E-state index in [2.05, 4.69) is 9.72 Å². The van der Waals surface area contributed by atoms with Gasteiger partial charge in [0.25, 0.3) is 0 Å². The Bertz CT molecular complexity index is 327.